The zero-order chi connectivity index (χ0) is 15.0. The van der Waals surface area contributed by atoms with Crippen LogP contribution >= 0.6 is 0 Å². The molecule has 114 valence electrons. The molecule has 2 unspecified atom stereocenters. The number of amides is 1. The van der Waals surface area contributed by atoms with Gasteiger partial charge in [-0.2, -0.15) is 0 Å². The van der Waals surface area contributed by atoms with Gasteiger partial charge in [-0.15, -0.1) is 0 Å². The molecule has 3 rings (SSSR count). The molecule has 21 heavy (non-hydrogen) atoms. The third-order valence-corrected chi connectivity index (χ3v) is 4.31. The Hall–Kier alpha value is -1.79. The molecule has 0 aromatic heterocycles. The van der Waals surface area contributed by atoms with Gasteiger partial charge in [-0.25, -0.2) is 0 Å². The summed E-state index contributed by atoms with van der Waals surface area (Å²) in [6, 6.07) is 3.93. The van der Waals surface area contributed by atoms with E-state index >= 15 is 0 Å². The minimum absolute atomic E-state index is 0.0278. The van der Waals surface area contributed by atoms with Gasteiger partial charge in [0.25, 0.3) is 0 Å². The molecule has 0 radical (unpaired) electrons. The average Bonchev–Trinajstić information content (AvgIpc) is 2.90. The van der Waals surface area contributed by atoms with Crippen molar-refractivity contribution in [1.82, 2.24) is 0 Å². The highest BCUT2D eigenvalue weighted by molar-refractivity contribution is 5.95. The minimum Gasteiger partial charge on any atom is -0.397 e. The van der Waals surface area contributed by atoms with Gasteiger partial charge in [-0.3, -0.25) is 4.79 Å². The monoisotopic (exact) mass is 291 g/mol. The largest absolute Gasteiger partial charge is 0.397 e. The molecule has 6 heteroatoms. The first-order valence-electron chi connectivity index (χ1n) is 7.15. The van der Waals surface area contributed by atoms with Crippen LogP contribution in [-0.2, 0) is 20.7 Å². The molecular formula is C15H21N3O3. The van der Waals surface area contributed by atoms with E-state index in [1.165, 1.54) is 0 Å². The summed E-state index contributed by atoms with van der Waals surface area (Å²) >= 11 is 0. The zero-order valence-corrected chi connectivity index (χ0v) is 12.4. The molecule has 2 aliphatic heterocycles. The highest BCUT2D eigenvalue weighted by Crippen LogP contribution is 2.35. The van der Waals surface area contributed by atoms with E-state index in [1.54, 1.807) is 14.2 Å². The topological polar surface area (TPSA) is 76.8 Å². The summed E-state index contributed by atoms with van der Waals surface area (Å²) in [5.41, 5.74) is 9.82. The average molecular weight is 291 g/mol. The summed E-state index contributed by atoms with van der Waals surface area (Å²) in [7, 11) is 3.38. The number of nitrogen functional groups attached to an aromatic ring is 1. The summed E-state index contributed by atoms with van der Waals surface area (Å²) in [5, 5.41) is 2.92. The molecule has 2 atom stereocenters. The van der Waals surface area contributed by atoms with Crippen LogP contribution in [0.3, 0.4) is 0 Å². The van der Waals surface area contributed by atoms with Crippen molar-refractivity contribution in [3.8, 4) is 0 Å². The Morgan fingerprint density at radius 1 is 1.19 bits per heavy atom. The Morgan fingerprint density at radius 3 is 2.48 bits per heavy atom. The number of fused-ring (bicyclic) bond motifs is 1. The Kier molecular flexibility index (Phi) is 3.73. The molecule has 1 aromatic rings. The molecule has 1 saturated heterocycles. The van der Waals surface area contributed by atoms with Crippen molar-refractivity contribution in [2.24, 2.45) is 0 Å². The standard InChI is InChI=1S/C15H21N3O3/c1-20-13-7-18(8-14(13)21-2)12-6-11-9(5-10(12)16)3-4-15(19)17-11/h5-6,13-14H,3-4,7-8,16H2,1-2H3,(H,17,19). The zero-order valence-electron chi connectivity index (χ0n) is 12.4. The van der Waals surface area contributed by atoms with Crippen molar-refractivity contribution in [3.05, 3.63) is 17.7 Å². The van der Waals surface area contributed by atoms with E-state index in [0.717, 1.165) is 42.1 Å². The van der Waals surface area contributed by atoms with E-state index in [1.807, 2.05) is 12.1 Å². The van der Waals surface area contributed by atoms with Crippen molar-refractivity contribution >= 4 is 23.0 Å². The lowest BCUT2D eigenvalue weighted by Crippen LogP contribution is -2.27. The van der Waals surface area contributed by atoms with Gasteiger partial charge in [0, 0.05) is 39.4 Å². The van der Waals surface area contributed by atoms with Crippen LogP contribution in [0, 0.1) is 0 Å². The molecule has 3 N–H and O–H groups in total. The first-order valence-corrected chi connectivity index (χ1v) is 7.15. The van der Waals surface area contributed by atoms with Crippen LogP contribution in [0.2, 0.25) is 0 Å². The molecule has 0 spiro atoms. The predicted octanol–water partition coefficient (Wildman–Crippen LogP) is 1.00. The minimum atomic E-state index is 0.0278. The van der Waals surface area contributed by atoms with E-state index in [9.17, 15) is 4.79 Å². The molecule has 0 saturated carbocycles. The molecule has 1 amide bonds. The fraction of sp³-hybridized carbons (Fsp3) is 0.533. The number of carbonyl (C=O) groups is 1. The van der Waals surface area contributed by atoms with E-state index < -0.39 is 0 Å². The number of aryl methyl sites for hydroxylation is 1. The molecular weight excluding hydrogens is 270 g/mol. The van der Waals surface area contributed by atoms with Crippen molar-refractivity contribution in [2.45, 2.75) is 25.0 Å². The second-order valence-corrected chi connectivity index (χ2v) is 5.57. The lowest BCUT2D eigenvalue weighted by atomic mass is 10.0. The number of nitrogens with one attached hydrogen (secondary N) is 1. The third kappa shape index (κ3) is 2.56. The van der Waals surface area contributed by atoms with Gasteiger partial charge < -0.3 is 25.4 Å². The normalized spacial score (nSPS) is 24.9. The fourth-order valence-electron chi connectivity index (χ4n) is 3.10. The third-order valence-electron chi connectivity index (χ3n) is 4.31. The van der Waals surface area contributed by atoms with Crippen LogP contribution in [0.25, 0.3) is 0 Å². The predicted molar refractivity (Wildman–Crippen MR) is 81.6 cm³/mol. The summed E-state index contributed by atoms with van der Waals surface area (Å²) in [4.78, 5) is 13.7. The lowest BCUT2D eigenvalue weighted by molar-refractivity contribution is -0.116. The molecule has 0 bridgehead atoms. The number of benzene rings is 1. The highest BCUT2D eigenvalue weighted by Gasteiger charge is 2.34. The van der Waals surface area contributed by atoms with Gasteiger partial charge in [-0.1, -0.05) is 0 Å². The van der Waals surface area contributed by atoms with Gasteiger partial charge in [0.2, 0.25) is 5.91 Å². The van der Waals surface area contributed by atoms with E-state index in [-0.39, 0.29) is 18.1 Å². The molecule has 1 aromatic carbocycles. The van der Waals surface area contributed by atoms with E-state index in [0.29, 0.717) is 6.42 Å². The maximum Gasteiger partial charge on any atom is 0.224 e. The van der Waals surface area contributed by atoms with E-state index in [4.69, 9.17) is 15.2 Å². The second-order valence-electron chi connectivity index (χ2n) is 5.57. The maximum atomic E-state index is 11.5. The number of carbonyl (C=O) groups excluding carboxylic acids is 1. The molecule has 0 aliphatic carbocycles. The van der Waals surface area contributed by atoms with Crippen LogP contribution in [-0.4, -0.2) is 45.4 Å². The number of methoxy groups -OCH3 is 2. The van der Waals surface area contributed by atoms with Crippen molar-refractivity contribution < 1.29 is 14.3 Å². The highest BCUT2D eigenvalue weighted by atomic mass is 16.5. The van der Waals surface area contributed by atoms with Crippen molar-refractivity contribution in [3.63, 3.8) is 0 Å². The molecule has 2 aliphatic rings. The maximum absolute atomic E-state index is 11.5. The molecule has 1 fully saturated rings. The Labute approximate surface area is 124 Å². The lowest BCUT2D eigenvalue weighted by Gasteiger charge is -2.24. The molecule has 6 nitrogen and oxygen atoms in total. The van der Waals surface area contributed by atoms with Crippen LogP contribution in [0.5, 0.6) is 0 Å². The number of ether oxygens (including phenoxy) is 2. The summed E-state index contributed by atoms with van der Waals surface area (Å²) in [6.07, 6.45) is 1.32. The van der Waals surface area contributed by atoms with Crippen LogP contribution in [0.15, 0.2) is 12.1 Å². The number of rotatable bonds is 3. The number of anilines is 3. The van der Waals surface area contributed by atoms with Gasteiger partial charge >= 0.3 is 0 Å². The Balaban J connectivity index is 1.89. The van der Waals surface area contributed by atoms with Crippen molar-refractivity contribution in [1.29, 1.82) is 0 Å². The summed E-state index contributed by atoms with van der Waals surface area (Å²) in [5.74, 6) is 0.0594. The molecule has 2 heterocycles. The SMILES string of the molecule is COC1CN(c2cc3c(cc2N)CCC(=O)N3)CC1OC. The van der Waals surface area contributed by atoms with Crippen LogP contribution < -0.4 is 16.0 Å². The number of nitrogens with two attached hydrogens (primary N) is 1. The van der Waals surface area contributed by atoms with Gasteiger partial charge in [0.15, 0.2) is 0 Å². The first-order chi connectivity index (χ1) is 10.1. The van der Waals surface area contributed by atoms with E-state index in [2.05, 4.69) is 10.2 Å². The number of hydrogen-bond donors (Lipinski definition) is 2. The first kappa shape index (κ1) is 14.2. The fourth-order valence-corrected chi connectivity index (χ4v) is 3.10. The quantitative estimate of drug-likeness (QED) is 0.813. The number of nitrogens with zero attached hydrogens (tertiary/aromatic N) is 1. The second kappa shape index (κ2) is 5.54. The van der Waals surface area contributed by atoms with Gasteiger partial charge in [0.1, 0.15) is 12.2 Å². The summed E-state index contributed by atoms with van der Waals surface area (Å²) < 4.78 is 10.9. The van der Waals surface area contributed by atoms with Gasteiger partial charge in [-0.05, 0) is 24.1 Å². The number of hydrogen-bond acceptors (Lipinski definition) is 5. The van der Waals surface area contributed by atoms with Crippen LogP contribution in [0.4, 0.5) is 17.1 Å². The smallest absolute Gasteiger partial charge is 0.224 e. The Bertz CT molecular complexity index is 549. The van der Waals surface area contributed by atoms with Crippen molar-refractivity contribution in [2.75, 3.05) is 43.3 Å². The van der Waals surface area contributed by atoms with Crippen LogP contribution in [0.1, 0.15) is 12.0 Å². The Morgan fingerprint density at radius 2 is 1.86 bits per heavy atom. The summed E-state index contributed by atoms with van der Waals surface area (Å²) in [6.45, 7) is 1.46. The van der Waals surface area contributed by atoms with Gasteiger partial charge in [0.05, 0.1) is 11.4 Å².